The van der Waals surface area contributed by atoms with Crippen molar-refractivity contribution in [1.29, 1.82) is 5.26 Å². The van der Waals surface area contributed by atoms with E-state index in [2.05, 4.69) is 11.3 Å². The molecule has 0 aliphatic heterocycles. The molecule has 0 heterocycles. The number of hydrogen-bond acceptors (Lipinski definition) is 5. The predicted octanol–water partition coefficient (Wildman–Crippen LogP) is 0.620. The van der Waals surface area contributed by atoms with Crippen LogP contribution in [0.1, 0.15) is 6.92 Å². The molecule has 0 aliphatic rings. The van der Waals surface area contributed by atoms with E-state index in [-0.39, 0.29) is 19.8 Å². The molecular weight excluding hydrogens is 186 g/mol. The number of nitriles is 1. The van der Waals surface area contributed by atoms with E-state index in [0.717, 1.165) is 0 Å². The Bertz CT molecular complexity index is 231. The second-order valence-electron chi connectivity index (χ2n) is 2.47. The van der Waals surface area contributed by atoms with E-state index in [1.165, 1.54) is 6.26 Å². The number of nitrogens with zero attached hydrogens (tertiary/aromatic N) is 1. The molecule has 0 aromatic heterocycles. The highest BCUT2D eigenvalue weighted by Gasteiger charge is 2.01. The molecule has 0 aromatic rings. The predicted molar refractivity (Wildman–Crippen MR) is 48.2 cm³/mol. The van der Waals surface area contributed by atoms with Crippen molar-refractivity contribution < 1.29 is 19.0 Å². The van der Waals surface area contributed by atoms with E-state index < -0.39 is 5.97 Å². The summed E-state index contributed by atoms with van der Waals surface area (Å²) < 4.78 is 14.1. The van der Waals surface area contributed by atoms with Crippen molar-refractivity contribution in [2.24, 2.45) is 0 Å². The molecule has 0 fully saturated rings. The van der Waals surface area contributed by atoms with Crippen molar-refractivity contribution in [2.45, 2.75) is 6.92 Å². The fourth-order valence-corrected chi connectivity index (χ4v) is 0.565. The van der Waals surface area contributed by atoms with Gasteiger partial charge in [-0.15, -0.1) is 0 Å². The van der Waals surface area contributed by atoms with Gasteiger partial charge in [0.05, 0.1) is 13.2 Å². The second-order valence-corrected chi connectivity index (χ2v) is 2.47. The fraction of sp³-hybridized carbons (Fsp3) is 0.556. The highest BCUT2D eigenvalue weighted by atomic mass is 16.6. The lowest BCUT2D eigenvalue weighted by Crippen LogP contribution is -2.12. The van der Waals surface area contributed by atoms with Crippen LogP contribution < -0.4 is 0 Å². The zero-order chi connectivity index (χ0) is 10.8. The van der Waals surface area contributed by atoms with Crippen molar-refractivity contribution in [1.82, 2.24) is 0 Å². The molecule has 0 saturated carbocycles. The van der Waals surface area contributed by atoms with Gasteiger partial charge in [-0.1, -0.05) is 6.58 Å². The first-order valence-corrected chi connectivity index (χ1v) is 4.09. The molecule has 0 unspecified atom stereocenters. The molecule has 0 N–H and O–H groups in total. The lowest BCUT2D eigenvalue weighted by molar-refractivity contribution is -0.140. The first kappa shape index (κ1) is 12.5. The fourth-order valence-electron chi connectivity index (χ4n) is 0.565. The number of carbonyl (C=O) groups is 1. The minimum Gasteiger partial charge on any atom is -0.460 e. The van der Waals surface area contributed by atoms with Crippen LogP contribution in [0.15, 0.2) is 12.2 Å². The maximum Gasteiger partial charge on any atom is 0.333 e. The summed E-state index contributed by atoms with van der Waals surface area (Å²) in [5, 5.41) is 8.00. The third-order valence-corrected chi connectivity index (χ3v) is 1.20. The Morgan fingerprint density at radius 2 is 2.00 bits per heavy atom. The van der Waals surface area contributed by atoms with Gasteiger partial charge in [-0.2, -0.15) is 5.26 Å². The molecule has 78 valence electrons. The Morgan fingerprint density at radius 1 is 1.36 bits per heavy atom. The van der Waals surface area contributed by atoms with Gasteiger partial charge in [0.1, 0.15) is 13.2 Å². The molecule has 5 nitrogen and oxygen atoms in total. The molecule has 0 radical (unpaired) electrons. The SMILES string of the molecule is C=C(C)C(=O)OCCOCCOC#N. The minimum atomic E-state index is -0.429. The van der Waals surface area contributed by atoms with Crippen LogP contribution in [0.4, 0.5) is 0 Å². The number of esters is 1. The summed E-state index contributed by atoms with van der Waals surface area (Å²) in [4.78, 5) is 10.8. The van der Waals surface area contributed by atoms with Crippen LogP contribution >= 0.6 is 0 Å². The molecule has 0 saturated heterocycles. The third kappa shape index (κ3) is 7.13. The summed E-state index contributed by atoms with van der Waals surface area (Å²) in [6, 6.07) is 0. The van der Waals surface area contributed by atoms with E-state index >= 15 is 0 Å². The topological polar surface area (TPSA) is 68.6 Å². The van der Waals surface area contributed by atoms with E-state index in [4.69, 9.17) is 14.7 Å². The Labute approximate surface area is 82.9 Å². The van der Waals surface area contributed by atoms with Crippen molar-refractivity contribution in [2.75, 3.05) is 26.4 Å². The van der Waals surface area contributed by atoms with Crippen LogP contribution in [0.5, 0.6) is 0 Å². The summed E-state index contributed by atoms with van der Waals surface area (Å²) in [5.41, 5.74) is 0.359. The molecule has 14 heavy (non-hydrogen) atoms. The van der Waals surface area contributed by atoms with Crippen LogP contribution in [0, 0.1) is 11.5 Å². The van der Waals surface area contributed by atoms with Gasteiger partial charge < -0.3 is 14.2 Å². The van der Waals surface area contributed by atoms with E-state index in [0.29, 0.717) is 12.2 Å². The third-order valence-electron chi connectivity index (χ3n) is 1.20. The molecule has 0 amide bonds. The zero-order valence-electron chi connectivity index (χ0n) is 8.12. The standard InChI is InChI=1S/C9H13NO4/c1-8(2)9(11)14-6-5-12-3-4-13-7-10/h1,3-6H2,2H3. The van der Waals surface area contributed by atoms with Gasteiger partial charge in [-0.05, 0) is 6.92 Å². The van der Waals surface area contributed by atoms with Gasteiger partial charge >= 0.3 is 5.97 Å². The minimum absolute atomic E-state index is 0.179. The van der Waals surface area contributed by atoms with Crippen LogP contribution in [0.25, 0.3) is 0 Å². The Balaban J connectivity index is 3.18. The second kappa shape index (κ2) is 8.08. The number of carbonyl (C=O) groups excluding carboxylic acids is 1. The van der Waals surface area contributed by atoms with Gasteiger partial charge in [0, 0.05) is 5.57 Å². The van der Waals surface area contributed by atoms with Crippen LogP contribution in [0.2, 0.25) is 0 Å². The van der Waals surface area contributed by atoms with Gasteiger partial charge in [-0.25, -0.2) is 4.79 Å². The molecule has 0 spiro atoms. The summed E-state index contributed by atoms with van der Waals surface area (Å²) in [5.74, 6) is -0.429. The number of hydrogen-bond donors (Lipinski definition) is 0. The Morgan fingerprint density at radius 3 is 2.57 bits per heavy atom. The van der Waals surface area contributed by atoms with Crippen LogP contribution in [0.3, 0.4) is 0 Å². The normalized spacial score (nSPS) is 8.86. The first-order chi connectivity index (χ1) is 6.68. The molecule has 5 heteroatoms. The summed E-state index contributed by atoms with van der Waals surface area (Å²) in [6.07, 6.45) is 1.51. The maximum absolute atomic E-state index is 10.8. The smallest absolute Gasteiger partial charge is 0.333 e. The molecule has 0 atom stereocenters. The largest absolute Gasteiger partial charge is 0.460 e. The van der Waals surface area contributed by atoms with E-state index in [9.17, 15) is 4.79 Å². The van der Waals surface area contributed by atoms with E-state index in [1.807, 2.05) is 0 Å². The highest BCUT2D eigenvalue weighted by molar-refractivity contribution is 5.86. The summed E-state index contributed by atoms with van der Waals surface area (Å²) in [7, 11) is 0. The van der Waals surface area contributed by atoms with Gasteiger partial charge in [0.15, 0.2) is 0 Å². The average Bonchev–Trinajstić information content (AvgIpc) is 2.16. The van der Waals surface area contributed by atoms with Crippen molar-refractivity contribution in [3.05, 3.63) is 12.2 Å². The van der Waals surface area contributed by atoms with Crippen LogP contribution in [-0.4, -0.2) is 32.4 Å². The Hall–Kier alpha value is -1.54. The van der Waals surface area contributed by atoms with E-state index in [1.54, 1.807) is 6.92 Å². The quantitative estimate of drug-likeness (QED) is 0.260. The lowest BCUT2D eigenvalue weighted by Gasteiger charge is -2.04. The molecular formula is C9H13NO4. The van der Waals surface area contributed by atoms with Crippen LogP contribution in [-0.2, 0) is 19.0 Å². The highest BCUT2D eigenvalue weighted by Crippen LogP contribution is 1.91. The first-order valence-electron chi connectivity index (χ1n) is 4.09. The number of ether oxygens (including phenoxy) is 3. The van der Waals surface area contributed by atoms with Crippen molar-refractivity contribution in [3.8, 4) is 6.26 Å². The zero-order valence-corrected chi connectivity index (χ0v) is 8.12. The number of rotatable bonds is 7. The van der Waals surface area contributed by atoms with Gasteiger partial charge in [0.25, 0.3) is 6.26 Å². The molecule has 0 bridgehead atoms. The lowest BCUT2D eigenvalue weighted by atomic mass is 10.4. The summed E-state index contributed by atoms with van der Waals surface area (Å²) >= 11 is 0. The maximum atomic E-state index is 10.8. The Kier molecular flexibility index (Phi) is 7.19. The molecule has 0 aromatic carbocycles. The van der Waals surface area contributed by atoms with Crippen molar-refractivity contribution >= 4 is 5.97 Å². The van der Waals surface area contributed by atoms with Crippen molar-refractivity contribution in [3.63, 3.8) is 0 Å². The molecule has 0 rings (SSSR count). The molecule has 0 aliphatic carbocycles. The summed E-state index contributed by atoms with van der Waals surface area (Å²) in [6.45, 7) is 5.98. The van der Waals surface area contributed by atoms with Gasteiger partial charge in [-0.3, -0.25) is 0 Å². The average molecular weight is 199 g/mol. The monoisotopic (exact) mass is 199 g/mol. The van der Waals surface area contributed by atoms with Gasteiger partial charge in [0.2, 0.25) is 0 Å².